The van der Waals surface area contributed by atoms with Crippen molar-refractivity contribution in [3.63, 3.8) is 0 Å². The van der Waals surface area contributed by atoms with Gasteiger partial charge in [0.25, 0.3) is 0 Å². The molecular formula is C68H120N2. The summed E-state index contributed by atoms with van der Waals surface area (Å²) in [5, 5.41) is 0. The number of rotatable bonds is 51. The van der Waals surface area contributed by atoms with Gasteiger partial charge in [-0.3, -0.25) is 9.98 Å². The van der Waals surface area contributed by atoms with Crippen LogP contribution in [0.5, 0.6) is 0 Å². The second kappa shape index (κ2) is 47.8. The smallest absolute Gasteiger partial charge is 0.0636 e. The highest BCUT2D eigenvalue weighted by molar-refractivity contribution is 6.43. The molecule has 0 spiro atoms. The number of hydrogen-bond donors (Lipinski definition) is 0. The van der Waals surface area contributed by atoms with Gasteiger partial charge in [0, 0.05) is 0 Å². The van der Waals surface area contributed by atoms with Gasteiger partial charge < -0.3 is 0 Å². The monoisotopic (exact) mass is 965 g/mol. The Morgan fingerprint density at radius 3 is 0.643 bits per heavy atom. The van der Waals surface area contributed by atoms with Crippen molar-refractivity contribution in [3.05, 3.63) is 58.7 Å². The Morgan fingerprint density at radius 2 is 0.443 bits per heavy atom. The fourth-order valence-electron chi connectivity index (χ4n) is 11.0. The molecule has 0 bridgehead atoms. The maximum atomic E-state index is 5.53. The summed E-state index contributed by atoms with van der Waals surface area (Å²) in [4.78, 5) is 11.1. The first-order chi connectivity index (χ1) is 34.6. The summed E-state index contributed by atoms with van der Waals surface area (Å²) < 4.78 is 0. The summed E-state index contributed by atoms with van der Waals surface area (Å²) in [7, 11) is 0. The molecule has 0 fully saturated rings. The van der Waals surface area contributed by atoms with Crippen LogP contribution >= 0.6 is 0 Å². The molecule has 0 N–H and O–H groups in total. The highest BCUT2D eigenvalue weighted by atomic mass is 14.8. The molecule has 2 aromatic carbocycles. The van der Waals surface area contributed by atoms with E-state index in [9.17, 15) is 0 Å². The van der Waals surface area contributed by atoms with Crippen molar-refractivity contribution < 1.29 is 0 Å². The Bertz CT molecular complexity index is 1510. The fourth-order valence-corrected chi connectivity index (χ4v) is 11.0. The Hall–Kier alpha value is -2.22. The Morgan fingerprint density at radius 1 is 0.243 bits per heavy atom. The normalized spacial score (nSPS) is 12.2. The van der Waals surface area contributed by atoms with Crippen molar-refractivity contribution >= 4 is 22.8 Å². The minimum Gasteiger partial charge on any atom is -0.252 e. The van der Waals surface area contributed by atoms with Gasteiger partial charge in [0.05, 0.1) is 22.8 Å². The topological polar surface area (TPSA) is 24.7 Å². The lowest BCUT2D eigenvalue weighted by molar-refractivity contribution is 0.517. The van der Waals surface area contributed by atoms with E-state index >= 15 is 0 Å². The van der Waals surface area contributed by atoms with E-state index in [1.54, 1.807) is 0 Å². The maximum absolute atomic E-state index is 5.53. The van der Waals surface area contributed by atoms with Gasteiger partial charge in [-0.1, -0.05) is 311 Å². The van der Waals surface area contributed by atoms with E-state index in [2.05, 4.69) is 77.9 Å². The van der Waals surface area contributed by atoms with Crippen molar-refractivity contribution in [2.75, 3.05) is 0 Å². The van der Waals surface area contributed by atoms with Crippen LogP contribution in [0.25, 0.3) is 0 Å². The highest BCUT2D eigenvalue weighted by Crippen LogP contribution is 2.26. The predicted octanol–water partition coefficient (Wildman–Crippen LogP) is 24.0. The Kier molecular flexibility index (Phi) is 43.6. The van der Waals surface area contributed by atoms with E-state index in [0.717, 1.165) is 49.9 Å². The van der Waals surface area contributed by atoms with Gasteiger partial charge in [-0.05, 0) is 97.9 Å². The molecular weight excluding hydrogens is 845 g/mol. The lowest BCUT2D eigenvalue weighted by Crippen LogP contribution is -2.14. The molecule has 2 nitrogen and oxygen atoms in total. The number of unbranched alkanes of at least 4 members (excludes halogenated alkanes) is 40. The zero-order chi connectivity index (χ0) is 50.2. The van der Waals surface area contributed by atoms with Crippen molar-refractivity contribution in [1.29, 1.82) is 0 Å². The summed E-state index contributed by atoms with van der Waals surface area (Å²) in [6.45, 7) is 13.8. The van der Waals surface area contributed by atoms with Gasteiger partial charge >= 0.3 is 0 Å². The quantitative estimate of drug-likeness (QED) is 0.0466. The molecule has 2 heteroatoms. The molecule has 0 amide bonds. The predicted molar refractivity (Wildman–Crippen MR) is 319 cm³/mol. The Labute approximate surface area is 439 Å². The lowest BCUT2D eigenvalue weighted by Gasteiger charge is -2.14. The standard InChI is InChI=1S/C68H120N2/c1-7-13-15-17-19-21-23-25-27-29-31-32-33-34-35-36-38-40-42-44-46-48-50-52-54-68(70-66-58-56-62(10-4)64(12-6)60-66)67(69-65-57-55-61(9-3)63(11-5)59-65)53-51-49-47-45-43-41-39-37-30-28-26-24-22-20-18-16-14-8-2/h55-60H,7-54H2,1-6H3. The molecule has 0 heterocycles. The van der Waals surface area contributed by atoms with Gasteiger partial charge in [-0.25, -0.2) is 0 Å². The zero-order valence-electron chi connectivity index (χ0n) is 48.3. The molecule has 0 aromatic heterocycles. The first-order valence-electron chi connectivity index (χ1n) is 32.0. The first-order valence-corrected chi connectivity index (χ1v) is 32.0. The molecule has 0 radical (unpaired) electrons. The summed E-state index contributed by atoms with van der Waals surface area (Å²) >= 11 is 0. The second-order valence-corrected chi connectivity index (χ2v) is 22.1. The average Bonchev–Trinajstić information content (AvgIpc) is 3.38. The van der Waals surface area contributed by atoms with Crippen LogP contribution in [-0.4, -0.2) is 11.4 Å². The minimum atomic E-state index is 1.03. The van der Waals surface area contributed by atoms with Crippen LogP contribution in [0, 0.1) is 0 Å². The molecule has 0 aliphatic carbocycles. The van der Waals surface area contributed by atoms with Crippen LogP contribution in [0.15, 0.2) is 46.4 Å². The highest BCUT2D eigenvalue weighted by Gasteiger charge is 2.13. The van der Waals surface area contributed by atoms with E-state index in [-0.39, 0.29) is 0 Å². The zero-order valence-corrected chi connectivity index (χ0v) is 48.3. The molecule has 0 aliphatic rings. The van der Waals surface area contributed by atoms with Crippen molar-refractivity contribution in [1.82, 2.24) is 0 Å². The van der Waals surface area contributed by atoms with Crippen molar-refractivity contribution in [2.45, 2.75) is 350 Å². The summed E-state index contributed by atoms with van der Waals surface area (Å²) in [6.07, 6.45) is 66.0. The van der Waals surface area contributed by atoms with Crippen LogP contribution in [0.4, 0.5) is 11.4 Å². The fraction of sp³-hybridized carbons (Fsp3) is 0.794. The number of nitrogens with zero attached hydrogens (tertiary/aromatic N) is 2. The van der Waals surface area contributed by atoms with E-state index in [1.165, 1.54) is 303 Å². The maximum Gasteiger partial charge on any atom is 0.0636 e. The molecule has 2 rings (SSSR count). The lowest BCUT2D eigenvalue weighted by atomic mass is 9.98. The first kappa shape index (κ1) is 63.9. The minimum absolute atomic E-state index is 1.03. The van der Waals surface area contributed by atoms with Crippen LogP contribution in [-0.2, 0) is 25.7 Å². The SMILES string of the molecule is CCCCCCCCCCCCCCCCCCCCCCCCCCC(=Nc1ccc(CC)c(CC)c1)C(CCCCCCCCCCCCCCCCCCCC)=Nc1ccc(CC)c(CC)c1. The van der Waals surface area contributed by atoms with Gasteiger partial charge in [-0.15, -0.1) is 0 Å². The third-order valence-corrected chi connectivity index (χ3v) is 15.8. The molecule has 0 atom stereocenters. The van der Waals surface area contributed by atoms with E-state index < -0.39 is 0 Å². The average molecular weight is 966 g/mol. The van der Waals surface area contributed by atoms with Gasteiger partial charge in [0.2, 0.25) is 0 Å². The molecule has 402 valence electrons. The van der Waals surface area contributed by atoms with E-state index in [0.29, 0.717) is 0 Å². The van der Waals surface area contributed by atoms with Gasteiger partial charge in [-0.2, -0.15) is 0 Å². The molecule has 2 aromatic rings. The number of benzene rings is 2. The van der Waals surface area contributed by atoms with Crippen LogP contribution in [0.2, 0.25) is 0 Å². The van der Waals surface area contributed by atoms with Crippen molar-refractivity contribution in [3.8, 4) is 0 Å². The third-order valence-electron chi connectivity index (χ3n) is 15.8. The number of aryl methyl sites for hydroxylation is 4. The van der Waals surface area contributed by atoms with E-state index in [1.807, 2.05) is 0 Å². The van der Waals surface area contributed by atoms with Crippen LogP contribution in [0.1, 0.15) is 346 Å². The van der Waals surface area contributed by atoms with Crippen molar-refractivity contribution in [2.24, 2.45) is 9.98 Å². The summed E-state index contributed by atoms with van der Waals surface area (Å²) in [5.41, 5.74) is 10.5. The Balaban J connectivity index is 1.81. The second-order valence-electron chi connectivity index (χ2n) is 22.1. The van der Waals surface area contributed by atoms with Gasteiger partial charge in [0.1, 0.15) is 0 Å². The molecule has 0 saturated heterocycles. The largest absolute Gasteiger partial charge is 0.252 e. The molecule has 0 aliphatic heterocycles. The number of hydrogen-bond acceptors (Lipinski definition) is 2. The van der Waals surface area contributed by atoms with E-state index in [4.69, 9.17) is 9.98 Å². The number of aliphatic imine (C=N–C) groups is 2. The molecule has 0 saturated carbocycles. The van der Waals surface area contributed by atoms with Crippen LogP contribution < -0.4 is 0 Å². The molecule has 70 heavy (non-hydrogen) atoms. The summed E-state index contributed by atoms with van der Waals surface area (Å²) in [6, 6.07) is 14.0. The summed E-state index contributed by atoms with van der Waals surface area (Å²) in [5.74, 6) is 0. The molecule has 0 unspecified atom stereocenters. The third kappa shape index (κ3) is 34.2. The van der Waals surface area contributed by atoms with Gasteiger partial charge in [0.15, 0.2) is 0 Å². The van der Waals surface area contributed by atoms with Crippen LogP contribution in [0.3, 0.4) is 0 Å².